The Morgan fingerprint density at radius 3 is 2.37 bits per heavy atom. The zero-order chi connectivity index (χ0) is 29.0. The van der Waals surface area contributed by atoms with Gasteiger partial charge in [0.2, 0.25) is 5.88 Å². The molecule has 0 aliphatic carbocycles. The van der Waals surface area contributed by atoms with Crippen LogP contribution < -0.4 is 19.8 Å². The normalized spacial score (nSPS) is 11.6. The van der Waals surface area contributed by atoms with Gasteiger partial charge in [-0.05, 0) is 67.6 Å². The number of hydrogen-bond acceptors (Lipinski definition) is 7. The van der Waals surface area contributed by atoms with Gasteiger partial charge in [0.05, 0.1) is 41.2 Å². The first kappa shape index (κ1) is 27.5. The lowest BCUT2D eigenvalue weighted by atomic mass is 10.1. The predicted octanol–water partition coefficient (Wildman–Crippen LogP) is 5.66. The summed E-state index contributed by atoms with van der Waals surface area (Å²) >= 11 is 0. The van der Waals surface area contributed by atoms with E-state index < -0.39 is 15.6 Å². The van der Waals surface area contributed by atoms with Crippen LogP contribution in [0.15, 0.2) is 112 Å². The van der Waals surface area contributed by atoms with Crippen molar-refractivity contribution in [2.75, 3.05) is 18.4 Å². The number of hydrogen-bond donors (Lipinski definition) is 2. The van der Waals surface area contributed by atoms with Crippen LogP contribution in [0, 0.1) is 0 Å². The summed E-state index contributed by atoms with van der Waals surface area (Å²) < 4.78 is 40.9. The number of aliphatic imine (C=N–C) groups is 1. The third-order valence-corrected chi connectivity index (χ3v) is 7.69. The number of rotatable bonds is 9. The molecule has 0 amide bonds. The Morgan fingerprint density at radius 2 is 1.63 bits per heavy atom. The van der Waals surface area contributed by atoms with Crippen molar-refractivity contribution in [1.29, 1.82) is 0 Å². The van der Waals surface area contributed by atoms with Gasteiger partial charge >= 0.3 is 0 Å². The fourth-order valence-electron chi connectivity index (χ4n) is 4.39. The number of aromatic hydroxyl groups is 1. The lowest BCUT2D eigenvalue weighted by Gasteiger charge is -2.15. The smallest absolute Gasteiger partial charge is 0.265 e. The Morgan fingerprint density at radius 1 is 0.927 bits per heavy atom. The SMILES string of the molecule is CCOc1ccc(N=Cc2c(O)n(-c3cccc(S(=O)(=O)Nc4ccccc4OC)c3)c(=O)c3ccccc23)cc1. The Labute approximate surface area is 237 Å². The molecule has 0 bridgehead atoms. The van der Waals surface area contributed by atoms with Crippen molar-refractivity contribution < 1.29 is 23.0 Å². The van der Waals surface area contributed by atoms with E-state index in [1.165, 1.54) is 31.5 Å². The van der Waals surface area contributed by atoms with Gasteiger partial charge in [0.25, 0.3) is 15.6 Å². The number of pyridine rings is 1. The topological polar surface area (TPSA) is 119 Å². The van der Waals surface area contributed by atoms with Crippen molar-refractivity contribution >= 4 is 38.4 Å². The molecule has 0 saturated heterocycles. The van der Waals surface area contributed by atoms with Gasteiger partial charge in [-0.15, -0.1) is 0 Å². The summed E-state index contributed by atoms with van der Waals surface area (Å²) in [5.74, 6) is 0.686. The number of methoxy groups -OCH3 is 1. The predicted molar refractivity (Wildman–Crippen MR) is 160 cm³/mol. The average molecular weight is 570 g/mol. The second-order valence-corrected chi connectivity index (χ2v) is 10.6. The first-order chi connectivity index (χ1) is 19.8. The van der Waals surface area contributed by atoms with Crippen LogP contribution in [0.25, 0.3) is 16.5 Å². The molecule has 5 aromatic rings. The molecular weight excluding hydrogens is 542 g/mol. The third kappa shape index (κ3) is 5.64. The molecule has 0 atom stereocenters. The molecule has 41 heavy (non-hydrogen) atoms. The van der Waals surface area contributed by atoms with Gasteiger partial charge in [-0.3, -0.25) is 14.5 Å². The van der Waals surface area contributed by atoms with Gasteiger partial charge in [-0.1, -0.05) is 36.4 Å². The molecule has 5 rings (SSSR count). The monoisotopic (exact) mass is 569 g/mol. The van der Waals surface area contributed by atoms with Crippen molar-refractivity contribution in [3.63, 3.8) is 0 Å². The number of nitrogens with zero attached hydrogens (tertiary/aromatic N) is 2. The van der Waals surface area contributed by atoms with Crippen molar-refractivity contribution in [2.24, 2.45) is 4.99 Å². The molecule has 4 aromatic carbocycles. The zero-order valence-electron chi connectivity index (χ0n) is 22.3. The highest BCUT2D eigenvalue weighted by Gasteiger charge is 2.20. The zero-order valence-corrected chi connectivity index (χ0v) is 23.1. The Kier molecular flexibility index (Phi) is 7.75. The fourth-order valence-corrected chi connectivity index (χ4v) is 5.50. The van der Waals surface area contributed by atoms with Gasteiger partial charge in [-0.2, -0.15) is 0 Å². The summed E-state index contributed by atoms with van der Waals surface area (Å²) in [4.78, 5) is 18.0. The minimum Gasteiger partial charge on any atom is -0.495 e. The fraction of sp³-hybridized carbons (Fsp3) is 0.0968. The Bertz CT molecular complexity index is 1920. The molecule has 0 aliphatic heterocycles. The molecule has 208 valence electrons. The van der Waals surface area contributed by atoms with Gasteiger partial charge < -0.3 is 14.6 Å². The van der Waals surface area contributed by atoms with Gasteiger partial charge in [0.1, 0.15) is 11.5 Å². The highest BCUT2D eigenvalue weighted by Crippen LogP contribution is 2.30. The van der Waals surface area contributed by atoms with Crippen LogP contribution in [-0.4, -0.2) is 38.0 Å². The van der Waals surface area contributed by atoms with E-state index in [9.17, 15) is 18.3 Å². The molecule has 0 saturated carbocycles. The molecule has 0 radical (unpaired) electrons. The van der Waals surface area contributed by atoms with E-state index in [1.54, 1.807) is 78.9 Å². The lowest BCUT2D eigenvalue weighted by Crippen LogP contribution is -2.21. The standard InChI is InChI=1S/C31H27N3O6S/c1-3-40-23-17-15-21(16-18-23)32-20-27-25-11-4-5-12-26(25)30(35)34(31(27)36)22-9-8-10-24(19-22)41(37,38)33-28-13-6-7-14-29(28)39-2/h4-20,33,36H,3H2,1-2H3. The third-order valence-electron chi connectivity index (χ3n) is 6.33. The largest absolute Gasteiger partial charge is 0.495 e. The van der Waals surface area contributed by atoms with E-state index in [0.29, 0.717) is 40.1 Å². The maximum Gasteiger partial charge on any atom is 0.265 e. The molecular formula is C31H27N3O6S. The molecule has 0 fully saturated rings. The van der Waals surface area contributed by atoms with E-state index in [4.69, 9.17) is 9.47 Å². The van der Waals surface area contributed by atoms with Gasteiger partial charge in [0.15, 0.2) is 0 Å². The summed E-state index contributed by atoms with van der Waals surface area (Å²) in [6.07, 6.45) is 1.48. The summed E-state index contributed by atoms with van der Waals surface area (Å²) in [5, 5.41) is 12.2. The number of benzene rings is 4. The number of fused-ring (bicyclic) bond motifs is 1. The van der Waals surface area contributed by atoms with Crippen molar-refractivity contribution in [1.82, 2.24) is 4.57 Å². The summed E-state index contributed by atoms with van der Waals surface area (Å²) in [6, 6.07) is 26.4. The number of anilines is 1. The van der Waals surface area contributed by atoms with Crippen LogP contribution in [0.1, 0.15) is 12.5 Å². The van der Waals surface area contributed by atoms with E-state index >= 15 is 0 Å². The van der Waals surface area contributed by atoms with E-state index in [-0.39, 0.29) is 22.2 Å². The minimum atomic E-state index is -4.07. The van der Waals surface area contributed by atoms with Crippen LogP contribution in [0.3, 0.4) is 0 Å². The quantitative estimate of drug-likeness (QED) is 0.221. The Balaban J connectivity index is 1.59. The number of para-hydroxylation sites is 2. The summed E-state index contributed by atoms with van der Waals surface area (Å²) in [5.41, 5.74) is 0.832. The van der Waals surface area contributed by atoms with Crippen molar-refractivity contribution in [3.05, 3.63) is 113 Å². The van der Waals surface area contributed by atoms with Gasteiger partial charge in [0, 0.05) is 17.0 Å². The van der Waals surface area contributed by atoms with Crippen LogP contribution in [0.4, 0.5) is 11.4 Å². The minimum absolute atomic E-state index is 0.107. The highest BCUT2D eigenvalue weighted by atomic mass is 32.2. The van der Waals surface area contributed by atoms with E-state index in [2.05, 4.69) is 9.71 Å². The maximum atomic E-state index is 13.6. The number of aromatic nitrogens is 1. The van der Waals surface area contributed by atoms with Crippen molar-refractivity contribution in [3.8, 4) is 23.1 Å². The maximum absolute atomic E-state index is 13.6. The first-order valence-electron chi connectivity index (χ1n) is 12.7. The molecule has 0 unspecified atom stereocenters. The van der Waals surface area contributed by atoms with Crippen LogP contribution in [0.2, 0.25) is 0 Å². The van der Waals surface area contributed by atoms with E-state index in [0.717, 1.165) is 4.57 Å². The number of sulfonamides is 1. The van der Waals surface area contributed by atoms with Gasteiger partial charge in [-0.25, -0.2) is 13.0 Å². The van der Waals surface area contributed by atoms with Crippen LogP contribution >= 0.6 is 0 Å². The summed E-state index contributed by atoms with van der Waals surface area (Å²) in [6.45, 7) is 2.44. The molecule has 1 aromatic heterocycles. The highest BCUT2D eigenvalue weighted by molar-refractivity contribution is 7.92. The van der Waals surface area contributed by atoms with Crippen LogP contribution in [0.5, 0.6) is 17.4 Å². The second-order valence-electron chi connectivity index (χ2n) is 8.91. The van der Waals surface area contributed by atoms with Crippen molar-refractivity contribution in [2.45, 2.75) is 11.8 Å². The molecule has 10 heteroatoms. The average Bonchev–Trinajstić information content (AvgIpc) is 2.98. The Hall–Kier alpha value is -5.09. The molecule has 2 N–H and O–H groups in total. The number of ether oxygens (including phenoxy) is 2. The van der Waals surface area contributed by atoms with E-state index in [1.807, 2.05) is 6.92 Å². The van der Waals surface area contributed by atoms with Crippen LogP contribution in [-0.2, 0) is 10.0 Å². The molecule has 1 heterocycles. The molecule has 0 aliphatic rings. The lowest BCUT2D eigenvalue weighted by molar-refractivity contribution is 0.340. The first-order valence-corrected chi connectivity index (χ1v) is 14.2. The summed E-state index contributed by atoms with van der Waals surface area (Å²) in [7, 11) is -2.63. The second kappa shape index (κ2) is 11.6. The molecule has 0 spiro atoms. The molecule has 9 nitrogen and oxygen atoms in total. The number of nitrogens with one attached hydrogen (secondary N) is 1.